The van der Waals surface area contributed by atoms with Gasteiger partial charge in [-0.1, -0.05) is 29.8 Å². The van der Waals surface area contributed by atoms with E-state index in [4.69, 9.17) is 0 Å². The summed E-state index contributed by atoms with van der Waals surface area (Å²) in [6.45, 7) is 5.11. The highest BCUT2D eigenvalue weighted by Crippen LogP contribution is 2.15. The Balaban J connectivity index is 2.00. The van der Waals surface area contributed by atoms with Crippen molar-refractivity contribution in [2.75, 3.05) is 19.0 Å². The Morgan fingerprint density at radius 2 is 1.90 bits per heavy atom. The van der Waals surface area contributed by atoms with Crippen LogP contribution in [0.25, 0.3) is 0 Å². The van der Waals surface area contributed by atoms with Gasteiger partial charge < -0.3 is 14.8 Å². The molecule has 20 heavy (non-hydrogen) atoms. The zero-order chi connectivity index (χ0) is 14.7. The highest BCUT2D eigenvalue weighted by Gasteiger charge is 2.10. The fraction of sp³-hybridized carbons (Fsp3) is 0.438. The van der Waals surface area contributed by atoms with E-state index in [1.54, 1.807) is 0 Å². The summed E-state index contributed by atoms with van der Waals surface area (Å²) in [4.78, 5) is 6.45. The molecule has 0 saturated carbocycles. The monoisotopic (exact) mass is 272 g/mol. The van der Waals surface area contributed by atoms with E-state index >= 15 is 0 Å². The number of hydrogen-bond acceptors (Lipinski definition) is 3. The number of hydrogen-bond donors (Lipinski definition) is 1. The average molecular weight is 272 g/mol. The molecule has 0 saturated heterocycles. The molecule has 4 heteroatoms. The van der Waals surface area contributed by atoms with Crippen LogP contribution in [0.3, 0.4) is 0 Å². The van der Waals surface area contributed by atoms with Crippen LogP contribution in [0.1, 0.15) is 29.8 Å². The standard InChI is InChI=1S/C16H24N4/c1-12-6-8-14(9-7-12)13(2)17-10-15-11-18-16(19(3)4)20(15)5/h6-9,11,13,17H,10H2,1-5H3. The van der Waals surface area contributed by atoms with Crippen molar-refractivity contribution >= 4 is 5.95 Å². The third kappa shape index (κ3) is 3.20. The van der Waals surface area contributed by atoms with Crippen molar-refractivity contribution < 1.29 is 0 Å². The van der Waals surface area contributed by atoms with Crippen molar-refractivity contribution in [3.8, 4) is 0 Å². The lowest BCUT2D eigenvalue weighted by molar-refractivity contribution is 0.558. The van der Waals surface area contributed by atoms with E-state index in [-0.39, 0.29) is 0 Å². The molecule has 0 aliphatic heterocycles. The van der Waals surface area contributed by atoms with E-state index in [2.05, 4.69) is 60.0 Å². The Kier molecular flexibility index (Phi) is 4.45. The quantitative estimate of drug-likeness (QED) is 0.908. The fourth-order valence-electron chi connectivity index (χ4n) is 2.24. The molecule has 0 radical (unpaired) electrons. The van der Waals surface area contributed by atoms with Gasteiger partial charge in [0.15, 0.2) is 0 Å². The van der Waals surface area contributed by atoms with Gasteiger partial charge in [0.2, 0.25) is 5.95 Å². The molecule has 0 fully saturated rings. The van der Waals surface area contributed by atoms with Gasteiger partial charge in [-0.2, -0.15) is 0 Å². The third-order valence-electron chi connectivity index (χ3n) is 3.63. The molecular weight excluding hydrogens is 248 g/mol. The van der Waals surface area contributed by atoms with Gasteiger partial charge in [-0.05, 0) is 19.4 Å². The van der Waals surface area contributed by atoms with Crippen LogP contribution in [0.15, 0.2) is 30.5 Å². The van der Waals surface area contributed by atoms with Crippen molar-refractivity contribution in [2.45, 2.75) is 26.4 Å². The van der Waals surface area contributed by atoms with Gasteiger partial charge in [0.05, 0.1) is 11.9 Å². The molecule has 0 aliphatic carbocycles. The highest BCUT2D eigenvalue weighted by molar-refractivity contribution is 5.31. The number of nitrogens with one attached hydrogen (secondary N) is 1. The molecule has 2 rings (SSSR count). The van der Waals surface area contributed by atoms with Crippen LogP contribution in [0.2, 0.25) is 0 Å². The van der Waals surface area contributed by atoms with E-state index in [1.807, 2.05) is 25.2 Å². The lowest BCUT2D eigenvalue weighted by Crippen LogP contribution is -2.20. The van der Waals surface area contributed by atoms with Gasteiger partial charge in [0.1, 0.15) is 0 Å². The molecule has 1 aromatic heterocycles. The molecule has 0 spiro atoms. The number of benzene rings is 1. The molecule has 1 N–H and O–H groups in total. The van der Waals surface area contributed by atoms with Gasteiger partial charge >= 0.3 is 0 Å². The van der Waals surface area contributed by atoms with E-state index < -0.39 is 0 Å². The number of rotatable bonds is 5. The molecule has 1 aromatic carbocycles. The Morgan fingerprint density at radius 1 is 1.25 bits per heavy atom. The second kappa shape index (κ2) is 6.09. The summed E-state index contributed by atoms with van der Waals surface area (Å²) in [6, 6.07) is 9.00. The number of aromatic nitrogens is 2. The third-order valence-corrected chi connectivity index (χ3v) is 3.63. The van der Waals surface area contributed by atoms with E-state index in [9.17, 15) is 0 Å². The summed E-state index contributed by atoms with van der Waals surface area (Å²) in [5, 5.41) is 3.55. The van der Waals surface area contributed by atoms with Gasteiger partial charge in [0.25, 0.3) is 0 Å². The average Bonchev–Trinajstić information content (AvgIpc) is 2.78. The molecule has 1 unspecified atom stereocenters. The Labute approximate surface area is 121 Å². The van der Waals surface area contributed by atoms with Gasteiger partial charge in [-0.3, -0.25) is 0 Å². The van der Waals surface area contributed by atoms with Crippen LogP contribution >= 0.6 is 0 Å². The van der Waals surface area contributed by atoms with Crippen molar-refractivity contribution in [3.63, 3.8) is 0 Å². The zero-order valence-corrected chi connectivity index (χ0v) is 13.0. The first-order valence-corrected chi connectivity index (χ1v) is 6.97. The van der Waals surface area contributed by atoms with E-state index in [0.717, 1.165) is 12.5 Å². The van der Waals surface area contributed by atoms with Gasteiger partial charge in [0, 0.05) is 33.7 Å². The topological polar surface area (TPSA) is 33.1 Å². The predicted octanol–water partition coefficient (Wildman–Crippen LogP) is 2.65. The first-order chi connectivity index (χ1) is 9.49. The maximum absolute atomic E-state index is 4.43. The summed E-state index contributed by atoms with van der Waals surface area (Å²) in [7, 11) is 6.07. The lowest BCUT2D eigenvalue weighted by Gasteiger charge is -2.16. The minimum absolute atomic E-state index is 0.327. The molecule has 1 heterocycles. The summed E-state index contributed by atoms with van der Waals surface area (Å²) in [5.74, 6) is 0.977. The van der Waals surface area contributed by atoms with Crippen molar-refractivity contribution in [1.29, 1.82) is 0 Å². The second-order valence-corrected chi connectivity index (χ2v) is 5.52. The van der Waals surface area contributed by atoms with Crippen LogP contribution < -0.4 is 10.2 Å². The van der Waals surface area contributed by atoms with E-state index in [0.29, 0.717) is 6.04 Å². The second-order valence-electron chi connectivity index (χ2n) is 5.52. The molecule has 2 aromatic rings. The SMILES string of the molecule is Cc1ccc(C(C)NCc2cnc(N(C)C)n2C)cc1. The number of imidazole rings is 1. The minimum Gasteiger partial charge on any atom is -0.348 e. The highest BCUT2D eigenvalue weighted by atomic mass is 15.3. The first-order valence-electron chi connectivity index (χ1n) is 6.97. The molecule has 0 bridgehead atoms. The molecular formula is C16H24N4. The number of nitrogens with zero attached hydrogens (tertiary/aromatic N) is 3. The van der Waals surface area contributed by atoms with Crippen LogP contribution in [0, 0.1) is 6.92 Å². The molecule has 4 nitrogen and oxygen atoms in total. The number of anilines is 1. The minimum atomic E-state index is 0.327. The maximum Gasteiger partial charge on any atom is 0.204 e. The Bertz CT molecular complexity index is 554. The maximum atomic E-state index is 4.43. The van der Waals surface area contributed by atoms with Crippen molar-refractivity contribution in [3.05, 3.63) is 47.3 Å². The fourth-order valence-corrected chi connectivity index (χ4v) is 2.24. The number of aryl methyl sites for hydroxylation is 1. The zero-order valence-electron chi connectivity index (χ0n) is 13.0. The molecule has 108 valence electrons. The van der Waals surface area contributed by atoms with Gasteiger partial charge in [-0.15, -0.1) is 0 Å². The van der Waals surface area contributed by atoms with E-state index in [1.165, 1.54) is 16.8 Å². The first kappa shape index (κ1) is 14.6. The van der Waals surface area contributed by atoms with Crippen LogP contribution in [0.4, 0.5) is 5.95 Å². The Hall–Kier alpha value is -1.81. The Morgan fingerprint density at radius 3 is 2.45 bits per heavy atom. The largest absolute Gasteiger partial charge is 0.348 e. The summed E-state index contributed by atoms with van der Waals surface area (Å²) >= 11 is 0. The molecule has 0 amide bonds. The van der Waals surface area contributed by atoms with Crippen molar-refractivity contribution in [1.82, 2.24) is 14.9 Å². The summed E-state index contributed by atoms with van der Waals surface area (Å²) in [5.41, 5.74) is 3.79. The molecule has 1 atom stereocenters. The van der Waals surface area contributed by atoms with Crippen LogP contribution in [0.5, 0.6) is 0 Å². The summed E-state index contributed by atoms with van der Waals surface area (Å²) in [6.07, 6.45) is 1.93. The predicted molar refractivity (Wildman–Crippen MR) is 84.0 cm³/mol. The normalized spacial score (nSPS) is 12.4. The smallest absolute Gasteiger partial charge is 0.204 e. The summed E-state index contributed by atoms with van der Waals surface area (Å²) < 4.78 is 2.12. The molecule has 0 aliphatic rings. The van der Waals surface area contributed by atoms with Crippen LogP contribution in [-0.2, 0) is 13.6 Å². The van der Waals surface area contributed by atoms with Gasteiger partial charge in [-0.25, -0.2) is 4.98 Å². The van der Waals surface area contributed by atoms with Crippen molar-refractivity contribution in [2.24, 2.45) is 7.05 Å². The lowest BCUT2D eigenvalue weighted by atomic mass is 10.1. The van der Waals surface area contributed by atoms with Crippen LogP contribution in [-0.4, -0.2) is 23.6 Å².